The lowest BCUT2D eigenvalue weighted by atomic mass is 9.59. The van der Waals surface area contributed by atoms with Crippen LogP contribution < -0.4 is 0 Å². The second kappa shape index (κ2) is 8.40. The number of nitrogens with zero attached hydrogens (tertiary/aromatic N) is 1. The summed E-state index contributed by atoms with van der Waals surface area (Å²) in [5, 5.41) is 2.60. The van der Waals surface area contributed by atoms with Crippen LogP contribution in [0, 0.1) is 0 Å². The number of hydrogen-bond donors (Lipinski definition) is 0. The van der Waals surface area contributed by atoms with Gasteiger partial charge in [0.1, 0.15) is 0 Å². The normalized spacial score (nSPS) is 16.9. The molecular formula is C37H35N. The highest BCUT2D eigenvalue weighted by Crippen LogP contribution is 2.51. The van der Waals surface area contributed by atoms with Gasteiger partial charge in [-0.15, -0.1) is 0 Å². The smallest absolute Gasteiger partial charge is 0.0705 e. The predicted octanol–water partition coefficient (Wildman–Crippen LogP) is 9.41. The molecule has 0 radical (unpaired) electrons. The highest BCUT2D eigenvalue weighted by molar-refractivity contribution is 5.96. The van der Waals surface area contributed by atoms with E-state index in [1.54, 1.807) is 0 Å². The molecule has 0 fully saturated rings. The second-order valence-electron chi connectivity index (χ2n) is 12.3. The van der Waals surface area contributed by atoms with E-state index in [0.717, 1.165) is 5.69 Å². The molecule has 5 aromatic rings. The Labute approximate surface area is 226 Å². The lowest BCUT2D eigenvalue weighted by Crippen LogP contribution is -2.36. The molecule has 4 aromatic carbocycles. The number of fused-ring (bicyclic) bond motifs is 4. The van der Waals surface area contributed by atoms with Gasteiger partial charge in [0.15, 0.2) is 0 Å². The van der Waals surface area contributed by atoms with Gasteiger partial charge in [-0.25, -0.2) is 0 Å². The third-order valence-corrected chi connectivity index (χ3v) is 9.35. The number of benzene rings is 4. The molecule has 0 bridgehead atoms. The van der Waals surface area contributed by atoms with Crippen LogP contribution in [0.2, 0.25) is 0 Å². The molecule has 2 aliphatic carbocycles. The lowest BCUT2D eigenvalue weighted by molar-refractivity contribution is 0.521. The van der Waals surface area contributed by atoms with E-state index in [0.29, 0.717) is 0 Å². The topological polar surface area (TPSA) is 12.9 Å². The third-order valence-electron chi connectivity index (χ3n) is 9.35. The lowest BCUT2D eigenvalue weighted by Gasteiger charge is -2.44. The summed E-state index contributed by atoms with van der Waals surface area (Å²) in [6.45, 7) is 9.57. The predicted molar refractivity (Wildman–Crippen MR) is 160 cm³/mol. The molecule has 1 heterocycles. The van der Waals surface area contributed by atoms with Crippen molar-refractivity contribution in [2.45, 2.75) is 64.2 Å². The van der Waals surface area contributed by atoms with Gasteiger partial charge in [0.25, 0.3) is 0 Å². The van der Waals surface area contributed by atoms with E-state index < -0.39 is 0 Å². The summed E-state index contributed by atoms with van der Waals surface area (Å²) >= 11 is 0. The van der Waals surface area contributed by atoms with Crippen molar-refractivity contribution in [2.24, 2.45) is 0 Å². The summed E-state index contributed by atoms with van der Waals surface area (Å²) in [5.41, 5.74) is 13.4. The molecule has 0 spiro atoms. The van der Waals surface area contributed by atoms with Gasteiger partial charge in [-0.3, -0.25) is 4.98 Å². The fourth-order valence-corrected chi connectivity index (χ4v) is 7.08. The fraction of sp³-hybridized carbons (Fsp3) is 0.270. The van der Waals surface area contributed by atoms with Crippen molar-refractivity contribution in [3.8, 4) is 22.4 Å². The minimum Gasteiger partial charge on any atom is -0.256 e. The molecule has 0 amide bonds. The van der Waals surface area contributed by atoms with Crippen LogP contribution in [0.4, 0.5) is 0 Å². The average molecular weight is 494 g/mol. The molecule has 1 nitrogen and oxygen atoms in total. The molecule has 2 aliphatic rings. The van der Waals surface area contributed by atoms with E-state index in [1.165, 1.54) is 86.5 Å². The van der Waals surface area contributed by atoms with E-state index in [9.17, 15) is 0 Å². The quantitative estimate of drug-likeness (QED) is 0.239. The van der Waals surface area contributed by atoms with Crippen LogP contribution in [-0.4, -0.2) is 4.98 Å². The molecule has 0 aliphatic heterocycles. The standard InChI is InChI=1S/C37H35N/c1-36(2)32-19-17-27(35-22-25-11-5-6-12-28(25)23-38-35)21-34(32)37(3,4)31-18-16-26(20-33(31)36)30-15-9-13-24-10-7-8-14-29(24)30/h7-10,13-23H,5-6,11-12H2,1-4H3. The van der Waals surface area contributed by atoms with Crippen molar-refractivity contribution >= 4 is 10.8 Å². The van der Waals surface area contributed by atoms with Crippen LogP contribution in [0.3, 0.4) is 0 Å². The summed E-state index contributed by atoms with van der Waals surface area (Å²) in [7, 11) is 0. The first-order chi connectivity index (χ1) is 18.3. The maximum Gasteiger partial charge on any atom is 0.0705 e. The Hall–Kier alpha value is -3.71. The number of rotatable bonds is 2. The SMILES string of the molecule is CC1(C)c2ccc(-c3cccc4ccccc34)cc2C(C)(C)c2ccc(-c3cc4c(cn3)CCCC4)cc21. The second-order valence-corrected chi connectivity index (χ2v) is 12.3. The van der Waals surface area contributed by atoms with Crippen molar-refractivity contribution in [1.82, 2.24) is 4.98 Å². The summed E-state index contributed by atoms with van der Waals surface area (Å²) in [4.78, 5) is 4.91. The number of hydrogen-bond acceptors (Lipinski definition) is 1. The molecule has 0 saturated heterocycles. The number of pyridine rings is 1. The fourth-order valence-electron chi connectivity index (χ4n) is 7.08. The van der Waals surface area contributed by atoms with Crippen LogP contribution in [0.25, 0.3) is 33.2 Å². The zero-order valence-electron chi connectivity index (χ0n) is 22.9. The van der Waals surface area contributed by atoms with Crippen molar-refractivity contribution in [3.05, 3.63) is 125 Å². The molecule has 38 heavy (non-hydrogen) atoms. The van der Waals surface area contributed by atoms with E-state index in [1.807, 2.05) is 0 Å². The first kappa shape index (κ1) is 23.4. The largest absolute Gasteiger partial charge is 0.256 e. The summed E-state index contributed by atoms with van der Waals surface area (Å²) < 4.78 is 0. The first-order valence-electron chi connectivity index (χ1n) is 14.1. The van der Waals surface area contributed by atoms with Gasteiger partial charge in [-0.2, -0.15) is 0 Å². The third kappa shape index (κ3) is 3.48. The first-order valence-corrected chi connectivity index (χ1v) is 14.1. The highest BCUT2D eigenvalue weighted by Gasteiger charge is 2.41. The van der Waals surface area contributed by atoms with Crippen molar-refractivity contribution in [3.63, 3.8) is 0 Å². The zero-order chi connectivity index (χ0) is 26.1. The van der Waals surface area contributed by atoms with Crippen molar-refractivity contribution in [1.29, 1.82) is 0 Å². The van der Waals surface area contributed by atoms with E-state index >= 15 is 0 Å². The monoisotopic (exact) mass is 493 g/mol. The Morgan fingerprint density at radius 2 is 1.21 bits per heavy atom. The van der Waals surface area contributed by atoms with Crippen LogP contribution in [0.1, 0.15) is 73.9 Å². The molecule has 0 saturated carbocycles. The Morgan fingerprint density at radius 3 is 1.97 bits per heavy atom. The molecule has 0 unspecified atom stereocenters. The van der Waals surface area contributed by atoms with E-state index in [4.69, 9.17) is 4.98 Å². The molecular weight excluding hydrogens is 458 g/mol. The van der Waals surface area contributed by atoms with Crippen LogP contribution >= 0.6 is 0 Å². The minimum absolute atomic E-state index is 0.0947. The van der Waals surface area contributed by atoms with Gasteiger partial charge in [-0.05, 0) is 99.2 Å². The van der Waals surface area contributed by atoms with Crippen LogP contribution in [0.15, 0.2) is 91.1 Å². The van der Waals surface area contributed by atoms with Gasteiger partial charge in [0.05, 0.1) is 5.69 Å². The minimum atomic E-state index is -0.0955. The van der Waals surface area contributed by atoms with Gasteiger partial charge < -0.3 is 0 Å². The summed E-state index contributed by atoms with van der Waals surface area (Å²) in [6, 6.07) is 32.0. The van der Waals surface area contributed by atoms with E-state index in [-0.39, 0.29) is 10.8 Å². The van der Waals surface area contributed by atoms with Crippen molar-refractivity contribution < 1.29 is 0 Å². The molecule has 0 N–H and O–H groups in total. The Morgan fingerprint density at radius 1 is 0.579 bits per heavy atom. The average Bonchev–Trinajstić information content (AvgIpc) is 2.95. The van der Waals surface area contributed by atoms with Gasteiger partial charge >= 0.3 is 0 Å². The van der Waals surface area contributed by atoms with Crippen LogP contribution in [-0.2, 0) is 23.7 Å². The molecule has 0 atom stereocenters. The Bertz CT molecular complexity index is 1710. The maximum atomic E-state index is 4.91. The maximum absolute atomic E-state index is 4.91. The van der Waals surface area contributed by atoms with Crippen molar-refractivity contribution in [2.75, 3.05) is 0 Å². The highest BCUT2D eigenvalue weighted by atomic mass is 14.7. The summed E-state index contributed by atoms with van der Waals surface area (Å²) in [5.74, 6) is 0. The molecule has 1 heteroatoms. The zero-order valence-corrected chi connectivity index (χ0v) is 22.9. The molecule has 188 valence electrons. The number of aryl methyl sites for hydroxylation is 2. The van der Waals surface area contributed by atoms with E-state index in [2.05, 4.69) is 119 Å². The van der Waals surface area contributed by atoms with Gasteiger partial charge in [0, 0.05) is 22.6 Å². The Kier molecular flexibility index (Phi) is 5.17. The van der Waals surface area contributed by atoms with Crippen LogP contribution in [0.5, 0.6) is 0 Å². The van der Waals surface area contributed by atoms with Gasteiger partial charge in [0.2, 0.25) is 0 Å². The van der Waals surface area contributed by atoms with Gasteiger partial charge in [-0.1, -0.05) is 94.4 Å². The molecule has 7 rings (SSSR count). The molecule has 1 aromatic heterocycles. The Balaban J connectivity index is 1.36. The summed E-state index contributed by atoms with van der Waals surface area (Å²) in [6.07, 6.45) is 7.06. The number of aromatic nitrogens is 1.